The molecule has 1 aromatic carbocycles. The van der Waals surface area contributed by atoms with E-state index in [-0.39, 0.29) is 11.9 Å². The monoisotopic (exact) mass is 281 g/mol. The molecule has 2 rings (SSSR count). The Morgan fingerprint density at radius 3 is 2.74 bits per heavy atom. The Hall–Kier alpha value is -1.39. The van der Waals surface area contributed by atoms with E-state index in [4.69, 9.17) is 11.6 Å². The lowest BCUT2D eigenvalue weighted by Gasteiger charge is -2.17. The van der Waals surface area contributed by atoms with Crippen LogP contribution in [0.15, 0.2) is 24.3 Å². The number of nitrogens with zero attached hydrogens (tertiary/aromatic N) is 2. The van der Waals surface area contributed by atoms with E-state index in [9.17, 15) is 4.39 Å². The SMILES string of the molecule is CNC(Cc1cc(Cl)ccc1F)c1cc(C)nn1C. The molecular weight excluding hydrogens is 265 g/mol. The highest BCUT2D eigenvalue weighted by atomic mass is 35.5. The average Bonchev–Trinajstić information content (AvgIpc) is 2.69. The van der Waals surface area contributed by atoms with Gasteiger partial charge in [-0.2, -0.15) is 5.10 Å². The van der Waals surface area contributed by atoms with Crippen molar-refractivity contribution in [3.8, 4) is 0 Å². The van der Waals surface area contributed by atoms with Crippen LogP contribution in [0.25, 0.3) is 0 Å². The lowest BCUT2D eigenvalue weighted by molar-refractivity contribution is 0.519. The van der Waals surface area contributed by atoms with E-state index < -0.39 is 0 Å². The van der Waals surface area contributed by atoms with E-state index in [1.807, 2.05) is 31.8 Å². The molecule has 0 bridgehead atoms. The maximum atomic E-state index is 13.8. The first-order valence-corrected chi connectivity index (χ1v) is 6.50. The largest absolute Gasteiger partial charge is 0.311 e. The molecule has 0 spiro atoms. The van der Waals surface area contributed by atoms with Crippen molar-refractivity contribution in [2.24, 2.45) is 7.05 Å². The second-order valence-corrected chi connectivity index (χ2v) is 5.05. The van der Waals surface area contributed by atoms with Crippen molar-refractivity contribution in [3.63, 3.8) is 0 Å². The van der Waals surface area contributed by atoms with Gasteiger partial charge in [0.1, 0.15) is 5.82 Å². The predicted molar refractivity (Wildman–Crippen MR) is 74.9 cm³/mol. The van der Waals surface area contributed by atoms with Gasteiger partial charge >= 0.3 is 0 Å². The molecule has 3 nitrogen and oxygen atoms in total. The van der Waals surface area contributed by atoms with Crippen LogP contribution in [0, 0.1) is 12.7 Å². The highest BCUT2D eigenvalue weighted by Gasteiger charge is 2.17. The molecule has 1 aromatic heterocycles. The molecule has 19 heavy (non-hydrogen) atoms. The van der Waals surface area contributed by atoms with Crippen molar-refractivity contribution < 1.29 is 4.39 Å². The molecule has 0 aliphatic rings. The van der Waals surface area contributed by atoms with Gasteiger partial charge in [0, 0.05) is 12.1 Å². The maximum Gasteiger partial charge on any atom is 0.126 e. The fraction of sp³-hybridized carbons (Fsp3) is 0.357. The summed E-state index contributed by atoms with van der Waals surface area (Å²) in [6.07, 6.45) is 0.530. The molecule has 0 radical (unpaired) electrons. The van der Waals surface area contributed by atoms with Crippen molar-refractivity contribution in [3.05, 3.63) is 52.1 Å². The van der Waals surface area contributed by atoms with E-state index in [2.05, 4.69) is 10.4 Å². The molecule has 1 atom stereocenters. The Morgan fingerprint density at radius 1 is 1.42 bits per heavy atom. The lowest BCUT2D eigenvalue weighted by atomic mass is 10.0. The van der Waals surface area contributed by atoms with Gasteiger partial charge in [0.25, 0.3) is 0 Å². The lowest BCUT2D eigenvalue weighted by Crippen LogP contribution is -2.22. The number of hydrogen-bond acceptors (Lipinski definition) is 2. The van der Waals surface area contributed by atoms with Gasteiger partial charge in [0.05, 0.1) is 17.4 Å². The Kier molecular flexibility index (Phi) is 4.22. The second-order valence-electron chi connectivity index (χ2n) is 4.62. The molecule has 5 heteroatoms. The number of nitrogens with one attached hydrogen (secondary N) is 1. The third-order valence-corrected chi connectivity index (χ3v) is 3.41. The Bertz CT molecular complexity index is 580. The summed E-state index contributed by atoms with van der Waals surface area (Å²) in [5.41, 5.74) is 2.58. The minimum Gasteiger partial charge on any atom is -0.311 e. The van der Waals surface area contributed by atoms with Crippen molar-refractivity contribution >= 4 is 11.6 Å². The normalized spacial score (nSPS) is 12.7. The zero-order valence-electron chi connectivity index (χ0n) is 11.2. The smallest absolute Gasteiger partial charge is 0.126 e. The van der Waals surface area contributed by atoms with Gasteiger partial charge in [0.2, 0.25) is 0 Å². The third kappa shape index (κ3) is 3.14. The number of hydrogen-bond donors (Lipinski definition) is 1. The summed E-state index contributed by atoms with van der Waals surface area (Å²) in [6.45, 7) is 1.94. The fourth-order valence-electron chi connectivity index (χ4n) is 2.23. The zero-order chi connectivity index (χ0) is 14.0. The van der Waals surface area contributed by atoms with Crippen LogP contribution < -0.4 is 5.32 Å². The molecular formula is C14H17ClFN3. The van der Waals surface area contributed by atoms with Crippen molar-refractivity contribution in [2.45, 2.75) is 19.4 Å². The Labute approximate surface area is 117 Å². The van der Waals surface area contributed by atoms with Crippen LogP contribution in [0.2, 0.25) is 5.02 Å². The first-order valence-electron chi connectivity index (χ1n) is 6.13. The van der Waals surface area contributed by atoms with E-state index in [0.717, 1.165) is 11.4 Å². The molecule has 0 saturated carbocycles. The summed E-state index contributed by atoms with van der Waals surface area (Å²) >= 11 is 5.92. The van der Waals surface area contributed by atoms with Gasteiger partial charge in [-0.05, 0) is 50.2 Å². The zero-order valence-corrected chi connectivity index (χ0v) is 12.0. The van der Waals surface area contributed by atoms with Gasteiger partial charge in [-0.15, -0.1) is 0 Å². The van der Waals surface area contributed by atoms with Gasteiger partial charge in [0.15, 0.2) is 0 Å². The minimum absolute atomic E-state index is 0.000772. The molecule has 2 aromatic rings. The van der Waals surface area contributed by atoms with Crippen molar-refractivity contribution in [1.29, 1.82) is 0 Å². The number of benzene rings is 1. The summed E-state index contributed by atoms with van der Waals surface area (Å²) in [7, 11) is 3.75. The molecule has 1 unspecified atom stereocenters. The average molecular weight is 282 g/mol. The first-order chi connectivity index (χ1) is 9.01. The minimum atomic E-state index is -0.233. The number of rotatable bonds is 4. The Balaban J connectivity index is 2.29. The summed E-state index contributed by atoms with van der Waals surface area (Å²) < 4.78 is 15.6. The van der Waals surface area contributed by atoms with Crippen LogP contribution in [0.4, 0.5) is 4.39 Å². The van der Waals surface area contributed by atoms with Crippen LogP contribution in [-0.2, 0) is 13.5 Å². The predicted octanol–water partition coefficient (Wildman–Crippen LogP) is 3.02. The number of aromatic nitrogens is 2. The first kappa shape index (κ1) is 14.0. The standard InChI is InChI=1S/C14H17ClFN3/c1-9-6-14(19(3)18-9)13(17-2)8-10-7-11(15)4-5-12(10)16/h4-7,13,17H,8H2,1-3H3. The topological polar surface area (TPSA) is 29.9 Å². The van der Waals surface area contributed by atoms with E-state index >= 15 is 0 Å². The molecule has 0 amide bonds. The van der Waals surface area contributed by atoms with E-state index in [0.29, 0.717) is 17.0 Å². The van der Waals surface area contributed by atoms with Gasteiger partial charge in [-0.1, -0.05) is 11.6 Å². The second kappa shape index (κ2) is 5.72. The molecule has 1 N–H and O–H groups in total. The van der Waals surface area contributed by atoms with Gasteiger partial charge < -0.3 is 5.32 Å². The van der Waals surface area contributed by atoms with Gasteiger partial charge in [-0.3, -0.25) is 4.68 Å². The van der Waals surface area contributed by atoms with Crippen LogP contribution in [0.1, 0.15) is 23.0 Å². The quantitative estimate of drug-likeness (QED) is 0.934. The summed E-state index contributed by atoms with van der Waals surface area (Å²) in [5.74, 6) is -0.233. The van der Waals surface area contributed by atoms with E-state index in [1.54, 1.807) is 12.1 Å². The molecule has 0 aliphatic carbocycles. The number of likely N-dealkylation sites (N-methyl/N-ethyl adjacent to an activating group) is 1. The molecule has 1 heterocycles. The molecule has 0 aliphatic heterocycles. The van der Waals surface area contributed by atoms with Crippen LogP contribution in [0.5, 0.6) is 0 Å². The van der Waals surface area contributed by atoms with Gasteiger partial charge in [-0.25, -0.2) is 4.39 Å². The molecule has 102 valence electrons. The van der Waals surface area contributed by atoms with Crippen LogP contribution >= 0.6 is 11.6 Å². The molecule has 0 fully saturated rings. The summed E-state index contributed by atoms with van der Waals surface area (Å²) in [5, 5.41) is 8.06. The van der Waals surface area contributed by atoms with Crippen molar-refractivity contribution in [1.82, 2.24) is 15.1 Å². The molecule has 0 saturated heterocycles. The van der Waals surface area contributed by atoms with Crippen LogP contribution in [-0.4, -0.2) is 16.8 Å². The maximum absolute atomic E-state index is 13.8. The number of halogens is 2. The fourth-order valence-corrected chi connectivity index (χ4v) is 2.43. The summed E-state index contributed by atoms with van der Waals surface area (Å²) in [6, 6.07) is 6.63. The van der Waals surface area contributed by atoms with E-state index in [1.165, 1.54) is 6.07 Å². The third-order valence-electron chi connectivity index (χ3n) is 3.18. The van der Waals surface area contributed by atoms with Crippen molar-refractivity contribution in [2.75, 3.05) is 7.05 Å². The summed E-state index contributed by atoms with van der Waals surface area (Å²) in [4.78, 5) is 0. The number of aryl methyl sites for hydroxylation is 2. The highest BCUT2D eigenvalue weighted by molar-refractivity contribution is 6.30. The Morgan fingerprint density at radius 2 is 2.16 bits per heavy atom. The highest BCUT2D eigenvalue weighted by Crippen LogP contribution is 2.22. The van der Waals surface area contributed by atoms with Crippen LogP contribution in [0.3, 0.4) is 0 Å².